The third kappa shape index (κ3) is 17.7. The molecule has 3 heterocycles. The van der Waals surface area contributed by atoms with Crippen LogP contribution in [0.25, 0.3) is 0 Å². The van der Waals surface area contributed by atoms with Crippen LogP contribution in [0.1, 0.15) is 172 Å². The van der Waals surface area contributed by atoms with Gasteiger partial charge in [-0.15, -0.1) is 0 Å². The Morgan fingerprint density at radius 1 is 0.509 bits per heavy atom. The molecular weight excluding hydrogens is 1580 g/mol. The van der Waals surface area contributed by atoms with Crippen molar-refractivity contribution in [2.75, 3.05) is 77.0 Å². The minimum atomic E-state index is -2.62. The molecule has 22 nitrogen and oxygen atoms in total. The summed E-state index contributed by atoms with van der Waals surface area (Å²) in [7, 11) is 12.0. The molecule has 0 radical (unpaired) electrons. The molecule has 11 atom stereocenters. The average Bonchev–Trinajstić information content (AvgIpc) is 1.27. The fraction of sp³-hybridized carbons (Fsp3) is 0.547. The molecule has 0 spiro atoms. The van der Waals surface area contributed by atoms with Crippen LogP contribution >= 0.6 is 0 Å². The topological polar surface area (TPSA) is 235 Å². The van der Waals surface area contributed by atoms with E-state index in [0.717, 1.165) is 36.0 Å². The SMILES string of the molecule is C=C1C=CC(=O)[C@]2(O[Si](C)(C)C(C)(C)C)C(=O)c3c(OCc4ccccc4)noc3[C@@H](N(C)C)[C@H]12.C=[N+](C)C.CC1CCC[C@H]2[C@H](N(C)C)c3onc(OCc4ccccc4)c3C(=O)[C@@]12O[Si](C)(C)C(C)(C)C.CN(C)C[C@@H]1C=CC(=O)[C@]2(O[Si](C)(C)C(C)(C)C)C(=O)c3c(OCc4ccccc4)noc3[C@@H](N(C)C)[C@H]12.[I-]. The van der Waals surface area contributed by atoms with Gasteiger partial charge in [0, 0.05) is 24.3 Å². The minimum absolute atomic E-state index is 0. The summed E-state index contributed by atoms with van der Waals surface area (Å²) in [4.78, 5) is 79.6. The van der Waals surface area contributed by atoms with Gasteiger partial charge in [0.15, 0.2) is 65.0 Å². The Bertz CT molecular complexity index is 4410. The Labute approximate surface area is 684 Å². The van der Waals surface area contributed by atoms with Crippen molar-refractivity contribution in [2.45, 2.75) is 198 Å². The van der Waals surface area contributed by atoms with Gasteiger partial charge in [0.25, 0.3) is 17.6 Å². The van der Waals surface area contributed by atoms with Crippen molar-refractivity contribution in [3.8, 4) is 17.6 Å². The lowest BCUT2D eigenvalue weighted by Crippen LogP contribution is -3.00. The molecule has 0 saturated heterocycles. The zero-order chi connectivity index (χ0) is 82.3. The number of hydrogen-bond acceptors (Lipinski definition) is 21. The average molecular weight is 1700 g/mol. The number of nitrogens with zero attached hydrogens (tertiary/aromatic N) is 8. The summed E-state index contributed by atoms with van der Waals surface area (Å²) < 4.78 is 58.4. The van der Waals surface area contributed by atoms with Crippen molar-refractivity contribution in [3.63, 3.8) is 0 Å². The highest BCUT2D eigenvalue weighted by atomic mass is 127. The standard InChI is InChI=1S/C29H41N3O5Si.C27H34N2O5Si.C27H40N2O4Si.C3H8N.HI/c1-28(2,3)38(8,9)37-29-21(33)16-15-20(17-31(4)5)23(29)24(32(6)7)25-22(26(29)34)27(30-36-25)35-18-19-13-11-10-12-14-19;1-17-14-15-19(30)27(34-35(7,8)26(2,3)4)21(17)22(29(5)6)23-20(24(27)31)25(28-33-23)32-16-18-12-10-9-11-13-18;1-18-13-12-16-20-22(29(5)6)23-21(24(30)27(18,20)33-34(7,8)26(2,3)4)25(28-32-23)31-17-19-14-10-9-11-15-19;1-4(2)3;/h10-16,20,23-24H,17-18H2,1-9H3;9-15,21-22H,1,16H2,2-8H3;9-11,14-15,18,20,22H,12-13,16-17H2,1-8H3;1H2,2-3H3;1H/q;;;+1;/p-1/t20-,23-,24-,29+;21-,22-,27+;18?,20-,22-,27+;;/m000../s1. The molecule has 1 fully saturated rings. The minimum Gasteiger partial charge on any atom is -1.00 e. The first-order valence-corrected chi connectivity index (χ1v) is 47.4. The number of ether oxygens (including phenoxy) is 3. The number of benzene rings is 3. The first-order valence-electron chi connectivity index (χ1n) is 38.6. The summed E-state index contributed by atoms with van der Waals surface area (Å²) in [6, 6.07) is 28.2. The second-order valence-electron chi connectivity index (χ2n) is 36.5. The largest absolute Gasteiger partial charge is 1.00 e. The van der Waals surface area contributed by atoms with Gasteiger partial charge in [-0.05, 0) is 185 Å². The van der Waals surface area contributed by atoms with E-state index < -0.39 is 77.2 Å². The molecule has 6 aliphatic carbocycles. The summed E-state index contributed by atoms with van der Waals surface area (Å²) in [5.74, 6) is -0.897. The molecule has 12 rings (SSSR count). The number of ketones is 5. The third-order valence-electron chi connectivity index (χ3n) is 24.1. The zero-order valence-electron chi connectivity index (χ0n) is 71.1. The maximum atomic E-state index is 14.7. The lowest BCUT2D eigenvalue weighted by atomic mass is 9.59. The van der Waals surface area contributed by atoms with Crippen molar-refractivity contribution >= 4 is 60.6 Å². The quantitative estimate of drug-likeness (QED) is 0.0227. The summed E-state index contributed by atoms with van der Waals surface area (Å²) in [5.41, 5.74) is 0.0124. The highest BCUT2D eigenvalue weighted by Gasteiger charge is 2.70. The number of hydrogen-bond donors (Lipinski definition) is 0. The molecule has 0 N–H and O–H groups in total. The van der Waals surface area contributed by atoms with Gasteiger partial charge >= 0.3 is 0 Å². The molecule has 6 aliphatic rings. The number of allylic oxidation sites excluding steroid dienone is 1. The molecule has 610 valence electrons. The zero-order valence-corrected chi connectivity index (χ0v) is 76.3. The number of carbonyl (C=O) groups is 5. The molecule has 3 aromatic heterocycles. The van der Waals surface area contributed by atoms with E-state index in [-0.39, 0.29) is 122 Å². The van der Waals surface area contributed by atoms with E-state index in [2.05, 4.69) is 134 Å². The normalized spacial score (nSPS) is 24.9. The molecule has 26 heteroatoms. The molecule has 3 aromatic carbocycles. The van der Waals surface area contributed by atoms with Gasteiger partial charge in [0.2, 0.25) is 17.3 Å². The highest BCUT2D eigenvalue weighted by molar-refractivity contribution is 6.75. The number of halogens is 1. The van der Waals surface area contributed by atoms with E-state index in [4.69, 9.17) is 41.1 Å². The highest BCUT2D eigenvalue weighted by Crippen LogP contribution is 2.60. The fourth-order valence-corrected chi connectivity index (χ4v) is 20.0. The Kier molecular flexibility index (Phi) is 28.2. The number of rotatable bonds is 20. The molecule has 112 heavy (non-hydrogen) atoms. The van der Waals surface area contributed by atoms with Crippen LogP contribution in [0.2, 0.25) is 54.4 Å². The van der Waals surface area contributed by atoms with Crippen LogP contribution in [0.5, 0.6) is 17.6 Å². The maximum absolute atomic E-state index is 14.7. The van der Waals surface area contributed by atoms with Gasteiger partial charge < -0.3 is 69.9 Å². The summed E-state index contributed by atoms with van der Waals surface area (Å²) >= 11 is 0. The number of Topliss-reactive ketones (excluding diaryl/α,β-unsaturated/α-hetero) is 3. The lowest BCUT2D eigenvalue weighted by Gasteiger charge is -2.56. The third-order valence-corrected chi connectivity index (χ3v) is 37.4. The fourth-order valence-electron chi connectivity index (χ4n) is 15.5. The number of carbonyl (C=O) groups excluding carboxylic acids is 5. The van der Waals surface area contributed by atoms with Gasteiger partial charge in [-0.2, -0.15) is 0 Å². The Morgan fingerprint density at radius 2 is 0.866 bits per heavy atom. The van der Waals surface area contributed by atoms with Crippen LogP contribution < -0.4 is 38.2 Å². The molecule has 0 aliphatic heterocycles. The molecule has 1 saturated carbocycles. The molecule has 6 aromatic rings. The molecular formula is C86H123IN8O14Si3. The summed E-state index contributed by atoms with van der Waals surface area (Å²) in [5, 5.41) is 12.1. The maximum Gasteiger partial charge on any atom is 0.265 e. The van der Waals surface area contributed by atoms with Crippen molar-refractivity contribution in [1.29, 1.82) is 0 Å². The lowest BCUT2D eigenvalue weighted by molar-refractivity contribution is -0.454. The van der Waals surface area contributed by atoms with Crippen LogP contribution in [0.3, 0.4) is 0 Å². The number of aromatic nitrogens is 3. The summed E-state index contributed by atoms with van der Waals surface area (Å²) in [6.45, 7) is 43.3. The van der Waals surface area contributed by atoms with E-state index >= 15 is 0 Å². The van der Waals surface area contributed by atoms with Gasteiger partial charge in [-0.1, -0.05) is 185 Å². The molecule has 1 unspecified atom stereocenters. The van der Waals surface area contributed by atoms with E-state index in [0.29, 0.717) is 41.6 Å². The first-order chi connectivity index (χ1) is 51.6. The van der Waals surface area contributed by atoms with Gasteiger partial charge in [-0.25, -0.2) is 4.58 Å². The van der Waals surface area contributed by atoms with Crippen LogP contribution in [-0.2, 0) is 42.7 Å². The summed E-state index contributed by atoms with van der Waals surface area (Å²) in [6.07, 6.45) is 9.54. The second-order valence-corrected chi connectivity index (χ2v) is 50.7. The van der Waals surface area contributed by atoms with Crippen molar-refractivity contribution in [3.05, 3.63) is 178 Å². The monoisotopic (exact) mass is 1700 g/mol. The van der Waals surface area contributed by atoms with Crippen LogP contribution in [0.15, 0.2) is 141 Å². The van der Waals surface area contributed by atoms with Crippen molar-refractivity contribution in [2.24, 2.45) is 29.6 Å². The Morgan fingerprint density at radius 3 is 1.26 bits per heavy atom. The van der Waals surface area contributed by atoms with Crippen molar-refractivity contribution < 1.29 is 93.6 Å². The predicted molar refractivity (Wildman–Crippen MR) is 439 cm³/mol. The van der Waals surface area contributed by atoms with Gasteiger partial charge in [0.1, 0.15) is 62.9 Å². The van der Waals surface area contributed by atoms with Crippen LogP contribution in [-0.4, -0.2) is 194 Å². The van der Waals surface area contributed by atoms with E-state index in [1.165, 1.54) is 6.08 Å². The predicted octanol–water partition coefficient (Wildman–Crippen LogP) is 13.1. The van der Waals surface area contributed by atoms with Crippen molar-refractivity contribution in [1.82, 2.24) is 35.1 Å². The Balaban J connectivity index is 0.000000205. The Hall–Kier alpha value is -6.97. The first kappa shape index (κ1) is 90.6. The van der Waals surface area contributed by atoms with Gasteiger partial charge in [-0.3, -0.25) is 38.7 Å². The molecule has 0 amide bonds. The van der Waals surface area contributed by atoms with Crippen LogP contribution in [0.4, 0.5) is 0 Å². The second kappa shape index (κ2) is 34.8. The van der Waals surface area contributed by atoms with Gasteiger partial charge in [0.05, 0.1) is 18.1 Å². The smallest absolute Gasteiger partial charge is 0.265 e. The number of fused-ring (bicyclic) bond motifs is 6. The molecule has 0 bridgehead atoms. The van der Waals surface area contributed by atoms with E-state index in [9.17, 15) is 24.0 Å². The van der Waals surface area contributed by atoms with Crippen LogP contribution in [0, 0.1) is 29.6 Å². The van der Waals surface area contributed by atoms with E-state index in [1.807, 2.05) is 190 Å². The van der Waals surface area contributed by atoms with E-state index in [1.54, 1.807) is 16.7 Å².